The van der Waals surface area contributed by atoms with Gasteiger partial charge in [0.05, 0.1) is 17.8 Å². The maximum absolute atomic E-state index is 13.3. The summed E-state index contributed by atoms with van der Waals surface area (Å²) in [5.41, 5.74) is 2.19. The third kappa shape index (κ3) is 2.24. The second-order valence-electron chi connectivity index (χ2n) is 7.65. The van der Waals surface area contributed by atoms with Crippen molar-refractivity contribution >= 4 is 22.5 Å². The van der Waals surface area contributed by atoms with Crippen LogP contribution in [0.25, 0.3) is 10.9 Å². The molecular formula is C20H22N2O2. The first-order chi connectivity index (χ1) is 11.8. The third-order valence-corrected chi connectivity index (χ3v) is 5.99. The summed E-state index contributed by atoms with van der Waals surface area (Å²) < 4.78 is 5.91. The molecule has 24 heavy (non-hydrogen) atoms. The molecule has 0 bridgehead atoms. The van der Waals surface area contributed by atoms with Crippen molar-refractivity contribution in [3.63, 3.8) is 0 Å². The van der Waals surface area contributed by atoms with Gasteiger partial charge in [-0.1, -0.05) is 18.2 Å². The zero-order valence-electron chi connectivity index (χ0n) is 13.8. The lowest BCUT2D eigenvalue weighted by molar-refractivity contribution is -0.128. The van der Waals surface area contributed by atoms with Gasteiger partial charge in [0.25, 0.3) is 5.91 Å². The van der Waals surface area contributed by atoms with Crippen molar-refractivity contribution in [2.24, 2.45) is 5.41 Å². The normalized spacial score (nSPS) is 24.9. The molecular weight excluding hydrogens is 300 g/mol. The molecule has 0 N–H and O–H groups in total. The van der Waals surface area contributed by atoms with E-state index in [1.807, 2.05) is 23.1 Å². The van der Waals surface area contributed by atoms with E-state index in [9.17, 15) is 4.79 Å². The Balaban J connectivity index is 1.53. The number of fused-ring (bicyclic) bond motifs is 1. The van der Waals surface area contributed by atoms with E-state index in [1.165, 1.54) is 19.3 Å². The fraction of sp³-hybridized carbons (Fsp3) is 0.500. The van der Waals surface area contributed by atoms with Crippen molar-refractivity contribution in [3.05, 3.63) is 36.5 Å². The number of rotatable bonds is 3. The summed E-state index contributed by atoms with van der Waals surface area (Å²) >= 11 is 0. The minimum Gasteiger partial charge on any atom is -0.368 e. The number of nitrogens with zero attached hydrogens (tertiary/aromatic N) is 2. The van der Waals surface area contributed by atoms with Crippen molar-refractivity contribution < 1.29 is 9.53 Å². The molecule has 1 aliphatic heterocycles. The van der Waals surface area contributed by atoms with E-state index in [4.69, 9.17) is 4.74 Å². The van der Waals surface area contributed by atoms with Gasteiger partial charge in [-0.2, -0.15) is 0 Å². The molecule has 1 aromatic heterocycles. The summed E-state index contributed by atoms with van der Waals surface area (Å²) in [6, 6.07) is 10.4. The van der Waals surface area contributed by atoms with E-state index < -0.39 is 0 Å². The van der Waals surface area contributed by atoms with Crippen molar-refractivity contribution in [1.29, 1.82) is 0 Å². The summed E-state index contributed by atoms with van der Waals surface area (Å²) in [5, 5.41) is 1.08. The summed E-state index contributed by atoms with van der Waals surface area (Å²) in [7, 11) is 0. The molecule has 1 aromatic carbocycles. The molecule has 1 atom stereocenters. The fourth-order valence-electron chi connectivity index (χ4n) is 4.05. The second-order valence-corrected chi connectivity index (χ2v) is 7.65. The van der Waals surface area contributed by atoms with Gasteiger partial charge < -0.3 is 9.64 Å². The lowest BCUT2D eigenvalue weighted by Gasteiger charge is -2.39. The number of carbonyl (C=O) groups is 1. The smallest absolute Gasteiger partial charge is 0.256 e. The highest BCUT2D eigenvalue weighted by atomic mass is 16.5. The Morgan fingerprint density at radius 1 is 1.21 bits per heavy atom. The van der Waals surface area contributed by atoms with E-state index in [2.05, 4.69) is 17.1 Å². The van der Waals surface area contributed by atoms with Crippen LogP contribution in [0, 0.1) is 5.41 Å². The molecule has 1 spiro atoms. The standard InChI is InChI=1S/C20H22N2O2/c23-19(17-12-20(9-10-20)13-24-17)22(15-6-2-7-15)16-8-1-4-14-5-3-11-21-18(14)16/h1,3-5,8,11,15,17H,2,6-7,9-10,12-13H2. The Bertz CT molecular complexity index is 790. The van der Waals surface area contributed by atoms with Gasteiger partial charge in [-0.3, -0.25) is 9.78 Å². The molecule has 2 heterocycles. The molecule has 2 aromatic rings. The highest BCUT2D eigenvalue weighted by Crippen LogP contribution is 2.54. The molecule has 0 radical (unpaired) electrons. The van der Waals surface area contributed by atoms with Gasteiger partial charge in [-0.05, 0) is 56.1 Å². The summed E-state index contributed by atoms with van der Waals surface area (Å²) in [5.74, 6) is 0.140. The highest BCUT2D eigenvalue weighted by molar-refractivity contribution is 6.04. The van der Waals surface area contributed by atoms with E-state index in [-0.39, 0.29) is 12.0 Å². The average molecular weight is 322 g/mol. The maximum Gasteiger partial charge on any atom is 0.256 e. The van der Waals surface area contributed by atoms with Crippen molar-refractivity contribution in [1.82, 2.24) is 4.98 Å². The first-order valence-electron chi connectivity index (χ1n) is 9.04. The van der Waals surface area contributed by atoms with Crippen LogP contribution in [-0.4, -0.2) is 29.6 Å². The van der Waals surface area contributed by atoms with Crippen LogP contribution in [-0.2, 0) is 9.53 Å². The number of hydrogen-bond donors (Lipinski definition) is 0. The number of benzene rings is 1. The van der Waals surface area contributed by atoms with Crippen LogP contribution in [0.3, 0.4) is 0 Å². The topological polar surface area (TPSA) is 42.4 Å². The zero-order valence-corrected chi connectivity index (χ0v) is 13.8. The van der Waals surface area contributed by atoms with Gasteiger partial charge in [0.15, 0.2) is 0 Å². The number of carbonyl (C=O) groups excluding carboxylic acids is 1. The molecule has 1 saturated heterocycles. The van der Waals surface area contributed by atoms with Gasteiger partial charge in [-0.25, -0.2) is 0 Å². The van der Waals surface area contributed by atoms with Crippen LogP contribution in [0.2, 0.25) is 0 Å². The monoisotopic (exact) mass is 322 g/mol. The minimum absolute atomic E-state index is 0.140. The van der Waals surface area contributed by atoms with Crippen LogP contribution in [0.1, 0.15) is 38.5 Å². The van der Waals surface area contributed by atoms with Gasteiger partial charge >= 0.3 is 0 Å². The fourth-order valence-corrected chi connectivity index (χ4v) is 4.05. The Morgan fingerprint density at radius 2 is 2.04 bits per heavy atom. The van der Waals surface area contributed by atoms with E-state index in [1.54, 1.807) is 6.20 Å². The van der Waals surface area contributed by atoms with Crippen molar-refractivity contribution in [3.8, 4) is 0 Å². The van der Waals surface area contributed by atoms with E-state index >= 15 is 0 Å². The second kappa shape index (κ2) is 5.28. The Kier molecular flexibility index (Phi) is 3.17. The molecule has 124 valence electrons. The van der Waals surface area contributed by atoms with E-state index in [0.717, 1.165) is 42.5 Å². The van der Waals surface area contributed by atoms with Crippen LogP contribution in [0.15, 0.2) is 36.5 Å². The first-order valence-corrected chi connectivity index (χ1v) is 9.04. The lowest BCUT2D eigenvalue weighted by Crippen LogP contribution is -2.49. The number of anilines is 1. The lowest BCUT2D eigenvalue weighted by atomic mass is 9.90. The first kappa shape index (κ1) is 14.4. The summed E-state index contributed by atoms with van der Waals surface area (Å²) in [6.07, 6.45) is 8.22. The number of hydrogen-bond acceptors (Lipinski definition) is 3. The summed E-state index contributed by atoms with van der Waals surface area (Å²) in [4.78, 5) is 19.9. The van der Waals surface area contributed by atoms with Crippen LogP contribution in [0.4, 0.5) is 5.69 Å². The number of para-hydroxylation sites is 1. The number of pyridine rings is 1. The molecule has 3 aliphatic rings. The van der Waals surface area contributed by atoms with Crippen LogP contribution < -0.4 is 4.90 Å². The molecule has 3 fully saturated rings. The minimum atomic E-state index is -0.271. The molecule has 2 aliphatic carbocycles. The third-order valence-electron chi connectivity index (χ3n) is 5.99. The van der Waals surface area contributed by atoms with Crippen molar-refractivity contribution in [2.45, 2.75) is 50.7 Å². The molecule has 5 rings (SSSR count). The molecule has 1 amide bonds. The van der Waals surface area contributed by atoms with Gasteiger partial charge in [0.1, 0.15) is 6.10 Å². The van der Waals surface area contributed by atoms with Crippen LogP contribution >= 0.6 is 0 Å². The van der Waals surface area contributed by atoms with Gasteiger partial charge in [0.2, 0.25) is 0 Å². The maximum atomic E-state index is 13.3. The Morgan fingerprint density at radius 3 is 2.75 bits per heavy atom. The summed E-state index contributed by atoms with van der Waals surface area (Å²) in [6.45, 7) is 0.760. The highest BCUT2D eigenvalue weighted by Gasteiger charge is 2.52. The Hall–Kier alpha value is -1.94. The zero-order chi connectivity index (χ0) is 16.1. The molecule has 1 unspecified atom stereocenters. The molecule has 2 saturated carbocycles. The predicted molar refractivity (Wildman–Crippen MR) is 92.9 cm³/mol. The SMILES string of the molecule is O=C(C1CC2(CC2)CO1)N(c1cccc2cccnc12)C1CCC1. The number of amides is 1. The quantitative estimate of drug-likeness (QED) is 0.865. The van der Waals surface area contributed by atoms with E-state index in [0.29, 0.717) is 11.5 Å². The Labute approximate surface area is 141 Å². The average Bonchev–Trinajstić information content (AvgIpc) is 3.19. The van der Waals surface area contributed by atoms with Gasteiger partial charge in [0, 0.05) is 17.6 Å². The van der Waals surface area contributed by atoms with Crippen molar-refractivity contribution in [2.75, 3.05) is 11.5 Å². The molecule has 4 nitrogen and oxygen atoms in total. The number of ether oxygens (including phenoxy) is 1. The largest absolute Gasteiger partial charge is 0.368 e. The van der Waals surface area contributed by atoms with Crippen LogP contribution in [0.5, 0.6) is 0 Å². The molecule has 4 heteroatoms. The number of aromatic nitrogens is 1. The predicted octanol–water partition coefficient (Wildman–Crippen LogP) is 3.69. The van der Waals surface area contributed by atoms with Gasteiger partial charge in [-0.15, -0.1) is 0 Å².